The molecule has 7 saturated carbocycles. The molecule has 11 unspecified atom stereocenters. The van der Waals surface area contributed by atoms with Crippen LogP contribution in [-0.4, -0.2) is 47.4 Å². The van der Waals surface area contributed by atoms with E-state index in [2.05, 4.69) is 4.90 Å². The largest absolute Gasteiger partial charge is 0.374 e. The van der Waals surface area contributed by atoms with Crippen molar-refractivity contribution in [1.82, 2.24) is 4.90 Å². The van der Waals surface area contributed by atoms with Crippen molar-refractivity contribution in [1.29, 1.82) is 0 Å². The van der Waals surface area contributed by atoms with Gasteiger partial charge < -0.3 is 9.47 Å². The van der Waals surface area contributed by atoms with Crippen LogP contribution in [0.3, 0.4) is 0 Å². The molecule has 0 amide bonds. The van der Waals surface area contributed by atoms with Gasteiger partial charge in [-0.3, -0.25) is 4.90 Å². The van der Waals surface area contributed by atoms with Crippen LogP contribution in [0.15, 0.2) is 0 Å². The van der Waals surface area contributed by atoms with Crippen LogP contribution >= 0.6 is 0 Å². The molecule has 254 valence electrons. The highest BCUT2D eigenvalue weighted by molar-refractivity contribution is 5.09. The van der Waals surface area contributed by atoms with E-state index >= 15 is 0 Å². The molecule has 7 aliphatic carbocycles. The number of rotatable bonds is 5. The smallest absolute Gasteiger partial charge is 0.0766 e. The van der Waals surface area contributed by atoms with Crippen molar-refractivity contribution in [3.63, 3.8) is 0 Å². The average molecular weight is 620 g/mol. The first-order valence-electron chi connectivity index (χ1n) is 21.4. The molecule has 11 atom stereocenters. The molecule has 0 spiro atoms. The first-order valence-corrected chi connectivity index (χ1v) is 21.4. The predicted octanol–water partition coefficient (Wildman–Crippen LogP) is 10.5. The third kappa shape index (κ3) is 5.93. The lowest BCUT2D eigenvalue weighted by atomic mass is 9.64. The van der Waals surface area contributed by atoms with E-state index in [1.54, 1.807) is 12.8 Å². The van der Waals surface area contributed by atoms with Gasteiger partial charge in [0, 0.05) is 24.0 Å². The summed E-state index contributed by atoms with van der Waals surface area (Å²) in [7, 11) is 0. The van der Waals surface area contributed by atoms with Crippen LogP contribution in [0.2, 0.25) is 0 Å². The molecular weight excluding hydrogens is 550 g/mol. The third-order valence-electron chi connectivity index (χ3n) is 16.6. The van der Waals surface area contributed by atoms with E-state index in [4.69, 9.17) is 9.47 Å². The molecular formula is C42H69NO2. The highest BCUT2D eigenvalue weighted by Crippen LogP contribution is 2.57. The van der Waals surface area contributed by atoms with Crippen molar-refractivity contribution in [3.05, 3.63) is 0 Å². The van der Waals surface area contributed by atoms with Gasteiger partial charge in [-0.25, -0.2) is 0 Å². The Balaban J connectivity index is 0.966. The van der Waals surface area contributed by atoms with Crippen LogP contribution in [0.1, 0.15) is 173 Å². The number of fused-ring (bicyclic) bond motifs is 7. The van der Waals surface area contributed by atoms with Gasteiger partial charge in [0.1, 0.15) is 0 Å². The number of hydrogen-bond donors (Lipinski definition) is 0. The highest BCUT2D eigenvalue weighted by atomic mass is 16.5. The summed E-state index contributed by atoms with van der Waals surface area (Å²) in [6.45, 7) is 0. The molecule has 0 aromatic carbocycles. The lowest BCUT2D eigenvalue weighted by molar-refractivity contribution is -0.105. The highest BCUT2D eigenvalue weighted by Gasteiger charge is 2.60. The second kappa shape index (κ2) is 13.7. The fourth-order valence-electron chi connectivity index (χ4n) is 14.6. The molecule has 9 rings (SSSR count). The van der Waals surface area contributed by atoms with Crippen molar-refractivity contribution in [2.75, 3.05) is 0 Å². The summed E-state index contributed by atoms with van der Waals surface area (Å²) in [4.78, 5) is 3.31. The summed E-state index contributed by atoms with van der Waals surface area (Å²) in [5.41, 5.74) is 0. The van der Waals surface area contributed by atoms with Gasteiger partial charge in [-0.2, -0.15) is 0 Å². The van der Waals surface area contributed by atoms with Gasteiger partial charge >= 0.3 is 0 Å². The maximum atomic E-state index is 7.65. The van der Waals surface area contributed by atoms with Crippen LogP contribution in [-0.2, 0) is 9.47 Å². The summed E-state index contributed by atoms with van der Waals surface area (Å²) in [6.07, 6.45) is 42.0. The summed E-state index contributed by atoms with van der Waals surface area (Å²) in [6, 6.07) is 2.37. The molecule has 0 radical (unpaired) electrons. The summed E-state index contributed by atoms with van der Waals surface area (Å²) in [5.74, 6) is 7.32. The van der Waals surface area contributed by atoms with Crippen molar-refractivity contribution >= 4 is 0 Å². The Morgan fingerprint density at radius 3 is 1.78 bits per heavy atom. The summed E-state index contributed by atoms with van der Waals surface area (Å²) in [5, 5.41) is 0. The molecule has 0 aromatic rings. The minimum absolute atomic E-state index is 0.512. The van der Waals surface area contributed by atoms with Crippen LogP contribution < -0.4 is 0 Å². The minimum Gasteiger partial charge on any atom is -0.374 e. The molecule has 3 nitrogen and oxygen atoms in total. The Morgan fingerprint density at radius 1 is 0.356 bits per heavy atom. The van der Waals surface area contributed by atoms with Gasteiger partial charge in [0.2, 0.25) is 0 Å². The maximum absolute atomic E-state index is 7.65. The summed E-state index contributed by atoms with van der Waals surface area (Å²) < 4.78 is 14.5. The van der Waals surface area contributed by atoms with E-state index in [9.17, 15) is 0 Å². The molecule has 0 bridgehead atoms. The minimum atomic E-state index is 0.512. The van der Waals surface area contributed by atoms with Crippen molar-refractivity contribution in [2.45, 2.75) is 216 Å². The zero-order valence-electron chi connectivity index (χ0n) is 29.0. The molecule has 2 heterocycles. The number of hydrogen-bond acceptors (Lipinski definition) is 3. The molecule has 3 heteroatoms. The first-order chi connectivity index (χ1) is 22.3. The van der Waals surface area contributed by atoms with E-state index in [-0.39, 0.29) is 0 Å². The molecule has 2 aliphatic heterocycles. The van der Waals surface area contributed by atoms with Gasteiger partial charge in [-0.1, -0.05) is 96.3 Å². The van der Waals surface area contributed by atoms with E-state index in [1.165, 1.54) is 161 Å². The van der Waals surface area contributed by atoms with Crippen LogP contribution in [0.4, 0.5) is 0 Å². The van der Waals surface area contributed by atoms with Crippen molar-refractivity contribution in [2.24, 2.45) is 47.3 Å². The Labute approximate surface area is 277 Å². The normalized spacial score (nSPS) is 49.7. The van der Waals surface area contributed by atoms with Gasteiger partial charge in [0.15, 0.2) is 0 Å². The van der Waals surface area contributed by atoms with Crippen LogP contribution in [0, 0.1) is 47.3 Å². The van der Waals surface area contributed by atoms with Crippen LogP contribution in [0.5, 0.6) is 0 Å². The van der Waals surface area contributed by atoms with E-state index in [0.717, 1.165) is 53.5 Å². The Hall–Kier alpha value is -0.120. The fraction of sp³-hybridized carbons (Fsp3) is 1.00. The lowest BCUT2D eigenvalue weighted by Crippen LogP contribution is -2.58. The van der Waals surface area contributed by atoms with Crippen molar-refractivity contribution < 1.29 is 9.47 Å². The Morgan fingerprint density at radius 2 is 0.978 bits per heavy atom. The predicted molar refractivity (Wildman–Crippen MR) is 183 cm³/mol. The zero-order chi connectivity index (χ0) is 29.7. The molecule has 2 saturated heterocycles. The topological polar surface area (TPSA) is 21.7 Å². The monoisotopic (exact) mass is 620 g/mol. The lowest BCUT2D eigenvalue weighted by Gasteiger charge is -2.52. The van der Waals surface area contributed by atoms with Crippen LogP contribution in [0.25, 0.3) is 0 Å². The fourth-order valence-corrected chi connectivity index (χ4v) is 14.6. The van der Waals surface area contributed by atoms with Gasteiger partial charge in [-0.15, -0.1) is 0 Å². The van der Waals surface area contributed by atoms with Gasteiger partial charge in [0.25, 0.3) is 0 Å². The second-order valence-corrected chi connectivity index (χ2v) is 18.6. The second-order valence-electron chi connectivity index (χ2n) is 18.6. The van der Waals surface area contributed by atoms with Gasteiger partial charge in [-0.05, 0) is 118 Å². The molecule has 0 N–H and O–H groups in total. The molecule has 9 aliphatic rings. The quantitative estimate of drug-likeness (QED) is 0.306. The average Bonchev–Trinajstić information content (AvgIpc) is 3.69. The van der Waals surface area contributed by atoms with E-state index in [1.807, 2.05) is 0 Å². The Kier molecular flexibility index (Phi) is 9.37. The molecule has 0 aromatic heterocycles. The maximum Gasteiger partial charge on any atom is 0.0766 e. The standard InChI is InChI=1S/C42H69NO2/c1-3-11-28(12-4-1)30-21-23-32(24-22-30)43(33-16-9-15-31(27-33)29-13-5-2-6-14-29)37-19-10-18-34-35-25-26-39-40(42(35)45-41(34)37)36-17-7-8-20-38(36)44-39/h28-42H,1-27H2. The van der Waals surface area contributed by atoms with E-state index < -0.39 is 0 Å². The number of nitrogens with zero attached hydrogens (tertiary/aromatic N) is 1. The first kappa shape index (κ1) is 30.9. The van der Waals surface area contributed by atoms with Crippen molar-refractivity contribution in [3.8, 4) is 0 Å². The Bertz CT molecular complexity index is 964. The summed E-state index contributed by atoms with van der Waals surface area (Å²) >= 11 is 0. The number of ether oxygens (including phenoxy) is 2. The molecule has 45 heavy (non-hydrogen) atoms. The zero-order valence-corrected chi connectivity index (χ0v) is 29.0. The SMILES string of the molecule is C1CCC(C2CCC(N(C3CCCC(C4CCCCC4)C3)C3CCCC4C5CCC6OC7CCCCC7C6C5OC43)CC2)CC1. The van der Waals surface area contributed by atoms with E-state index in [0.29, 0.717) is 36.4 Å². The van der Waals surface area contributed by atoms with Gasteiger partial charge in [0.05, 0.1) is 24.4 Å². The molecule has 9 fully saturated rings. The third-order valence-corrected chi connectivity index (χ3v) is 16.6.